The molecule has 36 heavy (non-hydrogen) atoms. The summed E-state index contributed by atoms with van der Waals surface area (Å²) >= 11 is 0. The van der Waals surface area contributed by atoms with Gasteiger partial charge in [-0.3, -0.25) is 9.59 Å². The summed E-state index contributed by atoms with van der Waals surface area (Å²) in [5, 5.41) is 7.18. The van der Waals surface area contributed by atoms with Crippen molar-refractivity contribution in [3.8, 4) is 0 Å². The molecule has 0 spiro atoms. The van der Waals surface area contributed by atoms with E-state index in [0.29, 0.717) is 25.7 Å². The van der Waals surface area contributed by atoms with Crippen molar-refractivity contribution >= 4 is 11.9 Å². The first-order valence-corrected chi connectivity index (χ1v) is 13.7. The summed E-state index contributed by atoms with van der Waals surface area (Å²) in [6.07, 6.45) is 2.06. The van der Waals surface area contributed by atoms with Crippen molar-refractivity contribution in [1.82, 2.24) is 10.6 Å². The van der Waals surface area contributed by atoms with E-state index in [2.05, 4.69) is 79.9 Å². The van der Waals surface area contributed by atoms with Crippen molar-refractivity contribution in [3.05, 3.63) is 0 Å². The van der Waals surface area contributed by atoms with Crippen LogP contribution >= 0.6 is 0 Å². The zero-order valence-electron chi connectivity index (χ0n) is 26.6. The van der Waals surface area contributed by atoms with Crippen LogP contribution in [0.1, 0.15) is 136 Å². The molecule has 0 aliphatic heterocycles. The number of carbonyl (C=O) groups is 2. The van der Waals surface area contributed by atoms with Gasteiger partial charge in [0, 0.05) is 35.0 Å². The van der Waals surface area contributed by atoms with Gasteiger partial charge >= 0.3 is 11.9 Å². The van der Waals surface area contributed by atoms with E-state index < -0.39 is 10.8 Å². The summed E-state index contributed by atoms with van der Waals surface area (Å²) in [6.45, 7) is 32.8. The minimum absolute atomic E-state index is 0.0248. The molecule has 0 aromatic heterocycles. The number of esters is 2. The van der Waals surface area contributed by atoms with Crippen LogP contribution in [0.15, 0.2) is 0 Å². The van der Waals surface area contributed by atoms with Crippen molar-refractivity contribution in [3.63, 3.8) is 0 Å². The SMILES string of the molecule is CC(CC(C)(C)NC(C)(C)C)OC(=O)C(C)(C)CCC(C)(C)C(=O)OC(C)CC(C)(C)NC(C)(C)C. The maximum atomic E-state index is 13.0. The summed E-state index contributed by atoms with van der Waals surface area (Å²) in [7, 11) is 0. The second-order valence-corrected chi connectivity index (χ2v) is 15.6. The van der Waals surface area contributed by atoms with Crippen LogP contribution in [0.3, 0.4) is 0 Å². The van der Waals surface area contributed by atoms with Gasteiger partial charge in [0.2, 0.25) is 0 Å². The third kappa shape index (κ3) is 14.6. The fourth-order valence-electron chi connectivity index (χ4n) is 5.17. The molecule has 0 saturated heterocycles. The first-order valence-electron chi connectivity index (χ1n) is 13.7. The molecular formula is C30H60N2O4. The Balaban J connectivity index is 4.94. The van der Waals surface area contributed by atoms with Gasteiger partial charge in [0.1, 0.15) is 12.2 Å². The summed E-state index contributed by atoms with van der Waals surface area (Å²) < 4.78 is 11.7. The first-order chi connectivity index (χ1) is 15.7. The number of rotatable bonds is 13. The van der Waals surface area contributed by atoms with Gasteiger partial charge in [-0.05, 0) is 124 Å². The Hall–Kier alpha value is -1.14. The Morgan fingerprint density at radius 1 is 0.556 bits per heavy atom. The third-order valence-electron chi connectivity index (χ3n) is 6.12. The van der Waals surface area contributed by atoms with Gasteiger partial charge in [-0.25, -0.2) is 0 Å². The maximum absolute atomic E-state index is 13.0. The molecule has 0 rings (SSSR count). The molecule has 0 aliphatic carbocycles. The van der Waals surface area contributed by atoms with E-state index in [-0.39, 0.29) is 46.3 Å². The lowest BCUT2D eigenvalue weighted by Gasteiger charge is -2.37. The Labute approximate surface area is 223 Å². The van der Waals surface area contributed by atoms with Crippen molar-refractivity contribution < 1.29 is 19.1 Å². The molecule has 6 heteroatoms. The molecule has 2 N–H and O–H groups in total. The summed E-state index contributed by atoms with van der Waals surface area (Å²) in [4.78, 5) is 26.0. The lowest BCUT2D eigenvalue weighted by Crippen LogP contribution is -2.52. The zero-order valence-corrected chi connectivity index (χ0v) is 26.6. The highest BCUT2D eigenvalue weighted by atomic mass is 16.5. The normalized spacial score (nSPS) is 15.9. The monoisotopic (exact) mass is 512 g/mol. The molecule has 0 aromatic rings. The summed E-state index contributed by atoms with van der Waals surface area (Å²) in [5.74, 6) is -0.455. The highest BCUT2D eigenvalue weighted by Crippen LogP contribution is 2.34. The minimum Gasteiger partial charge on any atom is -0.462 e. The fraction of sp³-hybridized carbons (Fsp3) is 0.933. The largest absolute Gasteiger partial charge is 0.462 e. The molecular weight excluding hydrogens is 452 g/mol. The Bertz CT molecular complexity index is 662. The summed E-state index contributed by atoms with van der Waals surface area (Å²) in [5.41, 5.74) is -1.77. The Morgan fingerprint density at radius 2 is 0.806 bits per heavy atom. The molecule has 2 unspecified atom stereocenters. The highest BCUT2D eigenvalue weighted by Gasteiger charge is 2.38. The van der Waals surface area contributed by atoms with Crippen LogP contribution in [0.25, 0.3) is 0 Å². The molecule has 0 heterocycles. The quantitative estimate of drug-likeness (QED) is 0.264. The average molecular weight is 513 g/mol. The number of carbonyl (C=O) groups excluding carboxylic acids is 2. The van der Waals surface area contributed by atoms with Crippen LogP contribution in [0.5, 0.6) is 0 Å². The number of nitrogens with one attached hydrogen (secondary N) is 2. The average Bonchev–Trinajstić information content (AvgIpc) is 2.53. The lowest BCUT2D eigenvalue weighted by atomic mass is 9.79. The van der Waals surface area contributed by atoms with Crippen LogP contribution in [0.2, 0.25) is 0 Å². The van der Waals surface area contributed by atoms with E-state index in [4.69, 9.17) is 9.47 Å². The predicted octanol–water partition coefficient (Wildman–Crippen LogP) is 6.80. The summed E-state index contributed by atoms with van der Waals surface area (Å²) in [6, 6.07) is 0. The maximum Gasteiger partial charge on any atom is 0.311 e. The van der Waals surface area contributed by atoms with Crippen LogP contribution in [-0.4, -0.2) is 46.3 Å². The van der Waals surface area contributed by atoms with Gasteiger partial charge in [-0.1, -0.05) is 0 Å². The predicted molar refractivity (Wildman–Crippen MR) is 151 cm³/mol. The first kappa shape index (κ1) is 34.9. The van der Waals surface area contributed by atoms with E-state index in [0.717, 1.165) is 0 Å². The number of hydrogen-bond donors (Lipinski definition) is 2. The van der Waals surface area contributed by atoms with Crippen LogP contribution in [0, 0.1) is 10.8 Å². The van der Waals surface area contributed by atoms with Gasteiger partial charge in [0.15, 0.2) is 0 Å². The van der Waals surface area contributed by atoms with Crippen LogP contribution in [-0.2, 0) is 19.1 Å². The van der Waals surface area contributed by atoms with E-state index in [1.165, 1.54) is 0 Å². The van der Waals surface area contributed by atoms with E-state index >= 15 is 0 Å². The van der Waals surface area contributed by atoms with E-state index in [1.807, 2.05) is 41.5 Å². The molecule has 6 nitrogen and oxygen atoms in total. The van der Waals surface area contributed by atoms with E-state index in [9.17, 15) is 9.59 Å². The molecule has 2 atom stereocenters. The smallest absolute Gasteiger partial charge is 0.311 e. The van der Waals surface area contributed by atoms with Crippen molar-refractivity contribution in [2.24, 2.45) is 10.8 Å². The van der Waals surface area contributed by atoms with Gasteiger partial charge in [-0.15, -0.1) is 0 Å². The molecule has 0 fully saturated rings. The molecule has 0 saturated carbocycles. The second-order valence-electron chi connectivity index (χ2n) is 15.6. The topological polar surface area (TPSA) is 76.7 Å². The Morgan fingerprint density at radius 3 is 1.03 bits per heavy atom. The van der Waals surface area contributed by atoms with Crippen molar-refractivity contribution in [2.45, 2.75) is 171 Å². The molecule has 0 radical (unpaired) electrons. The second kappa shape index (κ2) is 12.1. The van der Waals surface area contributed by atoms with Gasteiger partial charge in [-0.2, -0.15) is 0 Å². The van der Waals surface area contributed by atoms with Crippen LogP contribution in [0.4, 0.5) is 0 Å². The lowest BCUT2D eigenvalue weighted by molar-refractivity contribution is -0.164. The molecule has 0 aromatic carbocycles. The number of hydrogen-bond acceptors (Lipinski definition) is 6. The standard InChI is InChI=1S/C30H60N2O4/c1-21(19-29(13,14)31-25(3,4)5)35-23(33)27(9,10)17-18-28(11,12)24(34)36-22(2)20-30(15,16)32-26(6,7)8/h21-22,31-32H,17-20H2,1-16H3. The molecule has 0 bridgehead atoms. The van der Waals surface area contributed by atoms with Crippen LogP contribution < -0.4 is 10.6 Å². The van der Waals surface area contributed by atoms with Gasteiger partial charge in [0.05, 0.1) is 10.8 Å². The fourth-order valence-corrected chi connectivity index (χ4v) is 5.17. The molecule has 0 aliphatic rings. The molecule has 0 amide bonds. The Kier molecular flexibility index (Phi) is 11.8. The van der Waals surface area contributed by atoms with Gasteiger partial charge in [0.25, 0.3) is 0 Å². The van der Waals surface area contributed by atoms with Gasteiger partial charge < -0.3 is 20.1 Å². The number of ether oxygens (including phenoxy) is 2. The van der Waals surface area contributed by atoms with Crippen molar-refractivity contribution in [1.29, 1.82) is 0 Å². The van der Waals surface area contributed by atoms with E-state index in [1.54, 1.807) is 0 Å². The van der Waals surface area contributed by atoms with Crippen molar-refractivity contribution in [2.75, 3.05) is 0 Å². The minimum atomic E-state index is -0.697. The highest BCUT2D eigenvalue weighted by molar-refractivity contribution is 5.77. The third-order valence-corrected chi connectivity index (χ3v) is 6.12. The molecule has 214 valence electrons. The zero-order chi connectivity index (χ0) is 29.0.